The van der Waals surface area contributed by atoms with Crippen molar-refractivity contribution in [3.8, 4) is 0 Å². The zero-order valence-electron chi connectivity index (χ0n) is 9.18. The number of halogens is 1. The highest BCUT2D eigenvalue weighted by Gasteiger charge is 2.16. The molecule has 0 fully saturated rings. The zero-order valence-corrected chi connectivity index (χ0v) is 10.8. The minimum absolute atomic E-state index is 0.197. The van der Waals surface area contributed by atoms with E-state index >= 15 is 0 Å². The largest absolute Gasteiger partial charge is 0.319 e. The molecule has 1 heterocycles. The van der Waals surface area contributed by atoms with Gasteiger partial charge in [-0.2, -0.15) is 0 Å². The second-order valence-corrected chi connectivity index (χ2v) is 4.57. The van der Waals surface area contributed by atoms with E-state index in [1.54, 1.807) is 10.9 Å². The molecule has 1 aromatic carbocycles. The van der Waals surface area contributed by atoms with Crippen LogP contribution in [0.3, 0.4) is 0 Å². The molecule has 5 heteroatoms. The van der Waals surface area contributed by atoms with Gasteiger partial charge >= 0.3 is 0 Å². The number of rotatable bonds is 2. The molecule has 2 aromatic rings. The summed E-state index contributed by atoms with van der Waals surface area (Å²) in [5.74, 6) is 0. The molecule has 84 valence electrons. The van der Waals surface area contributed by atoms with E-state index in [9.17, 15) is 0 Å². The Morgan fingerprint density at radius 3 is 2.81 bits per heavy atom. The van der Waals surface area contributed by atoms with E-state index in [0.717, 1.165) is 21.3 Å². The van der Waals surface area contributed by atoms with Crippen LogP contribution in [0.15, 0.2) is 28.9 Å². The summed E-state index contributed by atoms with van der Waals surface area (Å²) < 4.78 is 2.76. The standard InChI is InChI=1S/C11H13BrN4/c1-7-8(4-3-5-9(7)12)11(13)10-6-14-15-16(10)2/h3-6,11H,13H2,1-2H3. The van der Waals surface area contributed by atoms with Gasteiger partial charge in [0.15, 0.2) is 0 Å². The first-order chi connectivity index (χ1) is 7.61. The fraction of sp³-hybridized carbons (Fsp3) is 0.273. The minimum atomic E-state index is -0.197. The lowest BCUT2D eigenvalue weighted by molar-refractivity contribution is 0.649. The highest BCUT2D eigenvalue weighted by Crippen LogP contribution is 2.26. The maximum Gasteiger partial charge on any atom is 0.0796 e. The van der Waals surface area contributed by atoms with E-state index in [1.807, 2.05) is 32.2 Å². The Balaban J connectivity index is 2.46. The lowest BCUT2D eigenvalue weighted by Gasteiger charge is -2.15. The molecule has 0 radical (unpaired) electrons. The van der Waals surface area contributed by atoms with Crippen LogP contribution < -0.4 is 5.73 Å². The third-order valence-corrected chi connectivity index (χ3v) is 3.57. The minimum Gasteiger partial charge on any atom is -0.319 e. The molecule has 0 saturated heterocycles. The second-order valence-electron chi connectivity index (χ2n) is 3.71. The van der Waals surface area contributed by atoms with Crippen molar-refractivity contribution >= 4 is 15.9 Å². The Morgan fingerprint density at radius 1 is 1.44 bits per heavy atom. The Bertz CT molecular complexity index is 506. The normalized spacial score (nSPS) is 12.8. The van der Waals surface area contributed by atoms with Gasteiger partial charge in [0.25, 0.3) is 0 Å². The van der Waals surface area contributed by atoms with E-state index in [4.69, 9.17) is 5.73 Å². The van der Waals surface area contributed by atoms with E-state index in [0.29, 0.717) is 0 Å². The molecule has 1 aromatic heterocycles. The molecule has 0 saturated carbocycles. The van der Waals surface area contributed by atoms with Crippen LogP contribution in [0.25, 0.3) is 0 Å². The molecule has 2 rings (SSSR count). The summed E-state index contributed by atoms with van der Waals surface area (Å²) in [5.41, 5.74) is 9.35. The monoisotopic (exact) mass is 280 g/mol. The Labute approximate surface area is 103 Å². The lowest BCUT2D eigenvalue weighted by Crippen LogP contribution is -2.17. The maximum absolute atomic E-state index is 6.21. The van der Waals surface area contributed by atoms with Gasteiger partial charge < -0.3 is 5.73 Å². The van der Waals surface area contributed by atoms with Gasteiger partial charge in [0, 0.05) is 11.5 Å². The number of nitrogens with zero attached hydrogens (tertiary/aromatic N) is 3. The fourth-order valence-electron chi connectivity index (χ4n) is 1.70. The van der Waals surface area contributed by atoms with Gasteiger partial charge in [0.2, 0.25) is 0 Å². The molecule has 4 nitrogen and oxygen atoms in total. The molecule has 0 bridgehead atoms. The van der Waals surface area contributed by atoms with E-state index < -0.39 is 0 Å². The predicted molar refractivity (Wildman–Crippen MR) is 65.9 cm³/mol. The van der Waals surface area contributed by atoms with Crippen LogP contribution in [0.1, 0.15) is 22.9 Å². The van der Waals surface area contributed by atoms with Crippen molar-refractivity contribution in [3.05, 3.63) is 45.7 Å². The first-order valence-corrected chi connectivity index (χ1v) is 5.75. The third-order valence-electron chi connectivity index (χ3n) is 2.71. The average Bonchev–Trinajstić information content (AvgIpc) is 2.68. The summed E-state index contributed by atoms with van der Waals surface area (Å²) in [7, 11) is 1.84. The molecule has 1 unspecified atom stereocenters. The second kappa shape index (κ2) is 4.35. The van der Waals surface area contributed by atoms with Crippen LogP contribution in [0.5, 0.6) is 0 Å². The number of nitrogens with two attached hydrogens (primary N) is 1. The van der Waals surface area contributed by atoms with Gasteiger partial charge in [-0.05, 0) is 24.1 Å². The Morgan fingerprint density at radius 2 is 2.19 bits per heavy atom. The summed E-state index contributed by atoms with van der Waals surface area (Å²) in [6.07, 6.45) is 1.70. The zero-order chi connectivity index (χ0) is 11.7. The van der Waals surface area contributed by atoms with Crippen LogP contribution in [0.2, 0.25) is 0 Å². The molecule has 0 aliphatic heterocycles. The third kappa shape index (κ3) is 1.88. The highest BCUT2D eigenvalue weighted by atomic mass is 79.9. The molecule has 16 heavy (non-hydrogen) atoms. The predicted octanol–water partition coefficient (Wildman–Crippen LogP) is 1.93. The summed E-state index contributed by atoms with van der Waals surface area (Å²) >= 11 is 3.50. The molecule has 0 spiro atoms. The number of benzene rings is 1. The van der Waals surface area contributed by atoms with Gasteiger partial charge in [-0.3, -0.25) is 4.68 Å². The first-order valence-electron chi connectivity index (χ1n) is 4.96. The number of aryl methyl sites for hydroxylation is 1. The lowest BCUT2D eigenvalue weighted by atomic mass is 10.00. The van der Waals surface area contributed by atoms with E-state index in [-0.39, 0.29) is 6.04 Å². The Kier molecular flexibility index (Phi) is 3.07. The summed E-state index contributed by atoms with van der Waals surface area (Å²) in [6, 6.07) is 5.82. The summed E-state index contributed by atoms with van der Waals surface area (Å²) in [6.45, 7) is 2.04. The van der Waals surface area contributed by atoms with Gasteiger partial charge in [0.05, 0.1) is 17.9 Å². The average molecular weight is 281 g/mol. The van der Waals surface area contributed by atoms with Crippen molar-refractivity contribution in [2.24, 2.45) is 12.8 Å². The quantitative estimate of drug-likeness (QED) is 0.915. The van der Waals surface area contributed by atoms with Crippen molar-refractivity contribution in [2.75, 3.05) is 0 Å². The van der Waals surface area contributed by atoms with Crippen LogP contribution in [-0.4, -0.2) is 15.0 Å². The van der Waals surface area contributed by atoms with Crippen LogP contribution in [0, 0.1) is 6.92 Å². The Hall–Kier alpha value is -1.20. The van der Waals surface area contributed by atoms with Crippen LogP contribution in [-0.2, 0) is 7.05 Å². The molecular formula is C11H13BrN4. The van der Waals surface area contributed by atoms with Crippen molar-refractivity contribution in [3.63, 3.8) is 0 Å². The van der Waals surface area contributed by atoms with Crippen molar-refractivity contribution < 1.29 is 0 Å². The smallest absolute Gasteiger partial charge is 0.0796 e. The van der Waals surface area contributed by atoms with E-state index in [2.05, 4.69) is 26.2 Å². The van der Waals surface area contributed by atoms with Crippen LogP contribution in [0.4, 0.5) is 0 Å². The SMILES string of the molecule is Cc1c(Br)cccc1C(N)c1cnnn1C. The molecular weight excluding hydrogens is 268 g/mol. The molecule has 1 atom stereocenters. The van der Waals surface area contributed by atoms with Crippen molar-refractivity contribution in [2.45, 2.75) is 13.0 Å². The van der Waals surface area contributed by atoms with Gasteiger partial charge in [-0.15, -0.1) is 5.10 Å². The topological polar surface area (TPSA) is 56.7 Å². The molecule has 0 aliphatic carbocycles. The number of aromatic nitrogens is 3. The summed E-state index contributed by atoms with van der Waals surface area (Å²) in [5, 5.41) is 7.73. The maximum atomic E-state index is 6.21. The number of hydrogen-bond donors (Lipinski definition) is 1. The van der Waals surface area contributed by atoms with Gasteiger partial charge in [-0.25, -0.2) is 0 Å². The molecule has 0 amide bonds. The molecule has 0 aliphatic rings. The van der Waals surface area contributed by atoms with E-state index in [1.165, 1.54) is 0 Å². The van der Waals surface area contributed by atoms with Crippen LogP contribution >= 0.6 is 15.9 Å². The van der Waals surface area contributed by atoms with Gasteiger partial charge in [0.1, 0.15) is 0 Å². The van der Waals surface area contributed by atoms with Crippen molar-refractivity contribution in [1.29, 1.82) is 0 Å². The van der Waals surface area contributed by atoms with Gasteiger partial charge in [-0.1, -0.05) is 33.3 Å². The fourth-order valence-corrected chi connectivity index (χ4v) is 2.08. The highest BCUT2D eigenvalue weighted by molar-refractivity contribution is 9.10. The number of hydrogen-bond acceptors (Lipinski definition) is 3. The molecule has 2 N–H and O–H groups in total. The van der Waals surface area contributed by atoms with Crippen molar-refractivity contribution in [1.82, 2.24) is 15.0 Å². The summed E-state index contributed by atoms with van der Waals surface area (Å²) in [4.78, 5) is 0. The first kappa shape index (κ1) is 11.3.